The molecule has 0 bridgehead atoms. The Kier molecular flexibility index (Phi) is 9.76. The summed E-state index contributed by atoms with van der Waals surface area (Å²) in [7, 11) is 0. The fourth-order valence-electron chi connectivity index (χ4n) is 2.40. The van der Waals surface area contributed by atoms with Crippen LogP contribution < -0.4 is 4.74 Å². The maximum absolute atomic E-state index is 13.0. The predicted octanol–water partition coefficient (Wildman–Crippen LogP) is 6.40. The van der Waals surface area contributed by atoms with Crippen molar-refractivity contribution in [2.24, 2.45) is 0 Å². The topological polar surface area (TPSA) is 9.23 Å². The summed E-state index contributed by atoms with van der Waals surface area (Å²) in [5.74, 6) is -3.82. The van der Waals surface area contributed by atoms with Gasteiger partial charge in [-0.25, -0.2) is 13.2 Å². The molecule has 0 atom stereocenters. The number of hydrogen-bond acceptors (Lipinski definition) is 1. The maximum Gasteiger partial charge on any atom is 0.194 e. The second-order valence-electron chi connectivity index (χ2n) is 5.73. The average Bonchev–Trinajstić information content (AvgIpc) is 2.50. The average molecular weight is 316 g/mol. The molecule has 1 aromatic carbocycles. The van der Waals surface area contributed by atoms with Gasteiger partial charge in [0.05, 0.1) is 6.61 Å². The molecule has 0 saturated heterocycles. The zero-order valence-corrected chi connectivity index (χ0v) is 13.5. The summed E-state index contributed by atoms with van der Waals surface area (Å²) in [6.45, 7) is 2.62. The predicted molar refractivity (Wildman–Crippen MR) is 83.7 cm³/mol. The third-order valence-electron chi connectivity index (χ3n) is 3.72. The van der Waals surface area contributed by atoms with Gasteiger partial charge in [-0.2, -0.15) is 0 Å². The molecule has 126 valence electrons. The molecule has 0 radical (unpaired) electrons. The van der Waals surface area contributed by atoms with Gasteiger partial charge in [-0.3, -0.25) is 0 Å². The van der Waals surface area contributed by atoms with Gasteiger partial charge in [0, 0.05) is 12.1 Å². The molecule has 0 fully saturated rings. The molecule has 0 aliphatic carbocycles. The van der Waals surface area contributed by atoms with Crippen molar-refractivity contribution in [3.05, 3.63) is 29.6 Å². The van der Waals surface area contributed by atoms with Gasteiger partial charge in [0.15, 0.2) is 17.5 Å². The normalized spacial score (nSPS) is 10.9. The first-order valence-corrected chi connectivity index (χ1v) is 8.42. The molecular formula is C18H27F3O. The summed E-state index contributed by atoms with van der Waals surface area (Å²) in [5.41, 5.74) is 0. The Morgan fingerprint density at radius 3 is 1.68 bits per heavy atom. The summed E-state index contributed by atoms with van der Waals surface area (Å²) in [6.07, 6.45) is 12.1. The summed E-state index contributed by atoms with van der Waals surface area (Å²) in [6, 6.07) is 1.77. The molecule has 1 nitrogen and oxygen atoms in total. The molecule has 0 amide bonds. The largest absolute Gasteiger partial charge is 0.493 e. The van der Waals surface area contributed by atoms with E-state index in [4.69, 9.17) is 4.74 Å². The lowest BCUT2D eigenvalue weighted by Gasteiger charge is -2.07. The summed E-state index contributed by atoms with van der Waals surface area (Å²) < 4.78 is 44.0. The smallest absolute Gasteiger partial charge is 0.194 e. The lowest BCUT2D eigenvalue weighted by atomic mass is 10.1. The van der Waals surface area contributed by atoms with Gasteiger partial charge in [0.1, 0.15) is 5.75 Å². The zero-order chi connectivity index (χ0) is 16.2. The highest BCUT2D eigenvalue weighted by Gasteiger charge is 2.10. The molecule has 0 aliphatic heterocycles. The monoisotopic (exact) mass is 316 g/mol. The summed E-state index contributed by atoms with van der Waals surface area (Å²) in [5, 5.41) is 0. The van der Waals surface area contributed by atoms with Crippen molar-refractivity contribution in [1.29, 1.82) is 0 Å². The van der Waals surface area contributed by atoms with Gasteiger partial charge in [0.25, 0.3) is 0 Å². The number of unbranched alkanes of at least 4 members (excludes halogenated alkanes) is 9. The van der Waals surface area contributed by atoms with E-state index in [1.165, 1.54) is 44.9 Å². The van der Waals surface area contributed by atoms with E-state index in [-0.39, 0.29) is 5.75 Å². The Labute approximate surface area is 131 Å². The molecule has 0 spiro atoms. The van der Waals surface area contributed by atoms with E-state index in [0.717, 1.165) is 31.4 Å². The minimum Gasteiger partial charge on any atom is -0.493 e. The number of hydrogen-bond donors (Lipinski definition) is 0. The molecule has 4 heteroatoms. The minimum atomic E-state index is -1.45. The van der Waals surface area contributed by atoms with E-state index >= 15 is 0 Å². The lowest BCUT2D eigenvalue weighted by Crippen LogP contribution is -2.00. The quantitative estimate of drug-likeness (QED) is 0.320. The van der Waals surface area contributed by atoms with Crippen LogP contribution in [0.15, 0.2) is 12.1 Å². The fraction of sp³-hybridized carbons (Fsp3) is 0.667. The van der Waals surface area contributed by atoms with E-state index in [0.29, 0.717) is 6.61 Å². The van der Waals surface area contributed by atoms with E-state index in [1.54, 1.807) is 0 Å². The van der Waals surface area contributed by atoms with Crippen LogP contribution in [0, 0.1) is 17.5 Å². The van der Waals surface area contributed by atoms with Crippen LogP contribution in [-0.4, -0.2) is 6.61 Å². The Morgan fingerprint density at radius 2 is 1.18 bits per heavy atom. The highest BCUT2D eigenvalue weighted by atomic mass is 19.2. The minimum absolute atomic E-state index is 0.0484. The van der Waals surface area contributed by atoms with Crippen LogP contribution >= 0.6 is 0 Å². The number of benzene rings is 1. The Bertz CT molecular complexity index is 398. The first kappa shape index (κ1) is 18.9. The van der Waals surface area contributed by atoms with Gasteiger partial charge in [-0.1, -0.05) is 64.7 Å². The second kappa shape index (κ2) is 11.4. The zero-order valence-electron chi connectivity index (χ0n) is 13.5. The molecule has 0 saturated carbocycles. The molecule has 0 N–H and O–H groups in total. The number of rotatable bonds is 12. The van der Waals surface area contributed by atoms with Crippen molar-refractivity contribution >= 4 is 0 Å². The third-order valence-corrected chi connectivity index (χ3v) is 3.72. The first-order chi connectivity index (χ1) is 10.6. The highest BCUT2D eigenvalue weighted by molar-refractivity contribution is 5.24. The van der Waals surface area contributed by atoms with Crippen molar-refractivity contribution in [3.8, 4) is 5.75 Å². The van der Waals surface area contributed by atoms with Crippen LogP contribution in [0.4, 0.5) is 13.2 Å². The Morgan fingerprint density at radius 1 is 0.727 bits per heavy atom. The third kappa shape index (κ3) is 7.71. The van der Waals surface area contributed by atoms with E-state index in [2.05, 4.69) is 6.92 Å². The van der Waals surface area contributed by atoms with E-state index in [1.807, 2.05) is 0 Å². The molecular weight excluding hydrogens is 289 g/mol. The summed E-state index contributed by atoms with van der Waals surface area (Å²) in [4.78, 5) is 0. The first-order valence-electron chi connectivity index (χ1n) is 8.42. The Balaban J connectivity index is 2.00. The van der Waals surface area contributed by atoms with Crippen molar-refractivity contribution < 1.29 is 17.9 Å². The van der Waals surface area contributed by atoms with Gasteiger partial charge in [-0.05, 0) is 6.42 Å². The molecule has 0 aromatic heterocycles. The number of halogens is 3. The lowest BCUT2D eigenvalue weighted by molar-refractivity contribution is 0.298. The molecule has 0 unspecified atom stereocenters. The molecule has 0 heterocycles. The molecule has 0 aliphatic rings. The van der Waals surface area contributed by atoms with Crippen LogP contribution in [0.3, 0.4) is 0 Å². The van der Waals surface area contributed by atoms with Crippen molar-refractivity contribution in [3.63, 3.8) is 0 Å². The van der Waals surface area contributed by atoms with Gasteiger partial charge in [-0.15, -0.1) is 0 Å². The van der Waals surface area contributed by atoms with Gasteiger partial charge >= 0.3 is 0 Å². The molecule has 22 heavy (non-hydrogen) atoms. The van der Waals surface area contributed by atoms with E-state index < -0.39 is 17.5 Å². The van der Waals surface area contributed by atoms with Gasteiger partial charge in [0.2, 0.25) is 0 Å². The van der Waals surface area contributed by atoms with Crippen molar-refractivity contribution in [2.75, 3.05) is 6.61 Å². The Hall–Kier alpha value is -1.19. The van der Waals surface area contributed by atoms with Crippen LogP contribution in [0.5, 0.6) is 5.75 Å². The highest BCUT2D eigenvalue weighted by Crippen LogP contribution is 2.19. The van der Waals surface area contributed by atoms with Crippen LogP contribution in [0.2, 0.25) is 0 Å². The second-order valence-corrected chi connectivity index (χ2v) is 5.73. The molecule has 1 rings (SSSR count). The van der Waals surface area contributed by atoms with Crippen LogP contribution in [0.25, 0.3) is 0 Å². The maximum atomic E-state index is 13.0. The standard InChI is InChI=1S/C18H27F3O/c1-2-3-4-5-6-7-8-9-10-11-12-22-15-13-16(19)18(21)17(20)14-15/h13-14H,2-12H2,1H3. The SMILES string of the molecule is CCCCCCCCCCCCOc1cc(F)c(F)c(F)c1. The van der Waals surface area contributed by atoms with Crippen molar-refractivity contribution in [2.45, 2.75) is 71.1 Å². The van der Waals surface area contributed by atoms with E-state index in [9.17, 15) is 13.2 Å². The van der Waals surface area contributed by atoms with Gasteiger partial charge < -0.3 is 4.74 Å². The number of ether oxygens (including phenoxy) is 1. The van der Waals surface area contributed by atoms with Crippen molar-refractivity contribution in [1.82, 2.24) is 0 Å². The van der Waals surface area contributed by atoms with Crippen LogP contribution in [-0.2, 0) is 0 Å². The summed E-state index contributed by atoms with van der Waals surface area (Å²) >= 11 is 0. The van der Waals surface area contributed by atoms with Crippen LogP contribution in [0.1, 0.15) is 71.1 Å². The molecule has 1 aromatic rings. The fourth-order valence-corrected chi connectivity index (χ4v) is 2.40.